The van der Waals surface area contributed by atoms with Crippen LogP contribution in [0.15, 0.2) is 30.5 Å². The number of aromatic nitrogens is 3. The van der Waals surface area contributed by atoms with Crippen molar-refractivity contribution in [3.8, 4) is 0 Å². The molecule has 0 bridgehead atoms. The van der Waals surface area contributed by atoms with Crippen LogP contribution in [0.5, 0.6) is 0 Å². The number of benzene rings is 1. The molecule has 0 aliphatic carbocycles. The van der Waals surface area contributed by atoms with E-state index in [-0.39, 0.29) is 5.69 Å². The van der Waals surface area contributed by atoms with Gasteiger partial charge in [0.25, 0.3) is 5.69 Å². The zero-order valence-corrected chi connectivity index (χ0v) is 9.20. The van der Waals surface area contributed by atoms with E-state index < -0.39 is 4.92 Å². The number of para-hydroxylation sites is 2. The molecule has 0 unspecified atom stereocenters. The van der Waals surface area contributed by atoms with Crippen molar-refractivity contribution in [2.75, 3.05) is 5.32 Å². The van der Waals surface area contributed by atoms with Crippen molar-refractivity contribution < 1.29 is 4.92 Å². The molecular formula is C10H11N5O2. The normalized spacial score (nSPS) is 10.2. The lowest BCUT2D eigenvalue weighted by molar-refractivity contribution is -0.384. The summed E-state index contributed by atoms with van der Waals surface area (Å²) in [7, 11) is 1.77. The van der Waals surface area contributed by atoms with E-state index in [2.05, 4.69) is 15.6 Å². The van der Waals surface area contributed by atoms with Crippen LogP contribution in [0.3, 0.4) is 0 Å². The fourth-order valence-corrected chi connectivity index (χ4v) is 1.44. The van der Waals surface area contributed by atoms with Crippen molar-refractivity contribution in [1.82, 2.24) is 15.0 Å². The van der Waals surface area contributed by atoms with E-state index in [1.54, 1.807) is 36.1 Å². The molecule has 0 amide bonds. The van der Waals surface area contributed by atoms with Gasteiger partial charge in [-0.15, -0.1) is 5.10 Å². The van der Waals surface area contributed by atoms with E-state index >= 15 is 0 Å². The van der Waals surface area contributed by atoms with Gasteiger partial charge in [-0.1, -0.05) is 17.3 Å². The van der Waals surface area contributed by atoms with Crippen LogP contribution in [0.1, 0.15) is 5.69 Å². The molecule has 7 nitrogen and oxygen atoms in total. The molecule has 0 atom stereocenters. The minimum atomic E-state index is -0.413. The third-order valence-corrected chi connectivity index (χ3v) is 2.37. The Morgan fingerprint density at radius 3 is 2.88 bits per heavy atom. The number of hydrogen-bond acceptors (Lipinski definition) is 5. The third-order valence-electron chi connectivity index (χ3n) is 2.37. The van der Waals surface area contributed by atoms with E-state index in [9.17, 15) is 10.1 Å². The van der Waals surface area contributed by atoms with Crippen molar-refractivity contribution in [1.29, 1.82) is 0 Å². The molecule has 0 aliphatic heterocycles. The summed E-state index contributed by atoms with van der Waals surface area (Å²) in [4.78, 5) is 10.4. The first kappa shape index (κ1) is 11.1. The van der Waals surface area contributed by atoms with Gasteiger partial charge in [0.1, 0.15) is 5.69 Å². The van der Waals surface area contributed by atoms with Gasteiger partial charge in [-0.25, -0.2) is 0 Å². The van der Waals surface area contributed by atoms with Crippen LogP contribution in [0.25, 0.3) is 0 Å². The third kappa shape index (κ3) is 2.39. The predicted molar refractivity (Wildman–Crippen MR) is 61.4 cm³/mol. The molecule has 2 aromatic rings. The molecule has 17 heavy (non-hydrogen) atoms. The van der Waals surface area contributed by atoms with Gasteiger partial charge in [-0.05, 0) is 6.07 Å². The zero-order valence-electron chi connectivity index (χ0n) is 9.20. The van der Waals surface area contributed by atoms with Crippen LogP contribution in [-0.4, -0.2) is 19.9 Å². The summed E-state index contributed by atoms with van der Waals surface area (Å²) in [6.45, 7) is 0.439. The van der Waals surface area contributed by atoms with Crippen molar-refractivity contribution >= 4 is 11.4 Å². The molecule has 0 radical (unpaired) electrons. The average molecular weight is 233 g/mol. The number of anilines is 1. The highest BCUT2D eigenvalue weighted by molar-refractivity contribution is 5.61. The molecule has 1 N–H and O–H groups in total. The SMILES string of the molecule is Cn1nncc1CNc1ccccc1[N+](=O)[O-]. The second-order valence-electron chi connectivity index (χ2n) is 3.48. The summed E-state index contributed by atoms with van der Waals surface area (Å²) >= 11 is 0. The topological polar surface area (TPSA) is 85.9 Å². The minimum Gasteiger partial charge on any atom is -0.374 e. The van der Waals surface area contributed by atoms with Crippen molar-refractivity contribution in [2.24, 2.45) is 7.05 Å². The summed E-state index contributed by atoms with van der Waals surface area (Å²) in [5, 5.41) is 21.3. The Morgan fingerprint density at radius 1 is 1.47 bits per heavy atom. The summed E-state index contributed by atoms with van der Waals surface area (Å²) in [5.41, 5.74) is 1.39. The summed E-state index contributed by atoms with van der Waals surface area (Å²) in [6.07, 6.45) is 1.61. The fraction of sp³-hybridized carbons (Fsp3) is 0.200. The molecule has 0 saturated heterocycles. The molecule has 2 rings (SSSR count). The number of aryl methyl sites for hydroxylation is 1. The number of nitrogens with zero attached hydrogens (tertiary/aromatic N) is 4. The smallest absolute Gasteiger partial charge is 0.292 e. The van der Waals surface area contributed by atoms with Gasteiger partial charge in [-0.3, -0.25) is 14.8 Å². The average Bonchev–Trinajstić information content (AvgIpc) is 2.72. The molecule has 0 aliphatic rings. The minimum absolute atomic E-state index is 0.0580. The first-order valence-electron chi connectivity index (χ1n) is 4.99. The largest absolute Gasteiger partial charge is 0.374 e. The Bertz CT molecular complexity index is 537. The van der Waals surface area contributed by atoms with Gasteiger partial charge in [-0.2, -0.15) is 0 Å². The Hall–Kier alpha value is -2.44. The number of hydrogen-bond donors (Lipinski definition) is 1. The Labute approximate surface area is 97.2 Å². The van der Waals surface area contributed by atoms with Crippen LogP contribution in [0.4, 0.5) is 11.4 Å². The van der Waals surface area contributed by atoms with Gasteiger partial charge in [0.05, 0.1) is 23.4 Å². The first-order chi connectivity index (χ1) is 8.18. The predicted octanol–water partition coefficient (Wildman–Crippen LogP) is 1.34. The maximum atomic E-state index is 10.8. The number of nitrogens with one attached hydrogen (secondary N) is 1. The Balaban J connectivity index is 2.14. The van der Waals surface area contributed by atoms with Crippen LogP contribution in [0, 0.1) is 10.1 Å². The highest BCUT2D eigenvalue weighted by atomic mass is 16.6. The van der Waals surface area contributed by atoms with E-state index in [1.807, 2.05) is 0 Å². The molecule has 1 heterocycles. The van der Waals surface area contributed by atoms with Gasteiger partial charge < -0.3 is 5.32 Å². The van der Waals surface area contributed by atoms with Crippen molar-refractivity contribution in [3.63, 3.8) is 0 Å². The Kier molecular flexibility index (Phi) is 2.99. The standard InChI is InChI=1S/C10H11N5O2/c1-14-8(7-12-13-14)6-11-9-4-2-3-5-10(9)15(16)17/h2-5,7,11H,6H2,1H3. The van der Waals surface area contributed by atoms with Crippen LogP contribution in [-0.2, 0) is 13.6 Å². The van der Waals surface area contributed by atoms with E-state index in [0.717, 1.165) is 5.69 Å². The second-order valence-corrected chi connectivity index (χ2v) is 3.48. The van der Waals surface area contributed by atoms with E-state index in [0.29, 0.717) is 12.2 Å². The van der Waals surface area contributed by atoms with Crippen molar-refractivity contribution in [2.45, 2.75) is 6.54 Å². The molecular weight excluding hydrogens is 222 g/mol. The molecule has 0 fully saturated rings. The fourth-order valence-electron chi connectivity index (χ4n) is 1.44. The molecule has 1 aromatic heterocycles. The second kappa shape index (κ2) is 4.60. The quantitative estimate of drug-likeness (QED) is 0.636. The van der Waals surface area contributed by atoms with Gasteiger partial charge >= 0.3 is 0 Å². The Morgan fingerprint density at radius 2 is 2.24 bits per heavy atom. The number of rotatable bonds is 4. The van der Waals surface area contributed by atoms with Crippen LogP contribution < -0.4 is 5.32 Å². The number of nitro benzene ring substituents is 1. The van der Waals surface area contributed by atoms with Crippen LogP contribution >= 0.6 is 0 Å². The molecule has 88 valence electrons. The lowest BCUT2D eigenvalue weighted by Gasteiger charge is -2.06. The lowest BCUT2D eigenvalue weighted by atomic mass is 10.2. The van der Waals surface area contributed by atoms with Crippen molar-refractivity contribution in [3.05, 3.63) is 46.3 Å². The summed E-state index contributed by atoms with van der Waals surface area (Å²) < 4.78 is 1.61. The highest BCUT2D eigenvalue weighted by Gasteiger charge is 2.12. The molecule has 0 saturated carbocycles. The van der Waals surface area contributed by atoms with Gasteiger partial charge in [0, 0.05) is 13.1 Å². The summed E-state index contributed by atoms with van der Waals surface area (Å²) in [5.74, 6) is 0. The summed E-state index contributed by atoms with van der Waals surface area (Å²) in [6, 6.07) is 6.51. The molecule has 0 spiro atoms. The first-order valence-corrected chi connectivity index (χ1v) is 4.99. The number of nitro groups is 1. The van der Waals surface area contributed by atoms with E-state index in [1.165, 1.54) is 6.07 Å². The monoisotopic (exact) mass is 233 g/mol. The molecule has 7 heteroatoms. The van der Waals surface area contributed by atoms with Gasteiger partial charge in [0.2, 0.25) is 0 Å². The maximum absolute atomic E-state index is 10.8. The lowest BCUT2D eigenvalue weighted by Crippen LogP contribution is -2.06. The molecule has 1 aromatic carbocycles. The van der Waals surface area contributed by atoms with Gasteiger partial charge in [0.15, 0.2) is 0 Å². The zero-order chi connectivity index (χ0) is 12.3. The maximum Gasteiger partial charge on any atom is 0.292 e. The highest BCUT2D eigenvalue weighted by Crippen LogP contribution is 2.23. The van der Waals surface area contributed by atoms with Crippen LogP contribution in [0.2, 0.25) is 0 Å². The van der Waals surface area contributed by atoms with E-state index in [4.69, 9.17) is 0 Å².